The van der Waals surface area contributed by atoms with E-state index < -0.39 is 12.0 Å². The Morgan fingerprint density at radius 2 is 1.58 bits per heavy atom. The number of carboxylic acids is 1. The lowest BCUT2D eigenvalue weighted by molar-refractivity contribution is -0.138. The summed E-state index contributed by atoms with van der Waals surface area (Å²) in [5, 5.41) is 8.73. The van der Waals surface area contributed by atoms with Gasteiger partial charge in [0.25, 0.3) is 0 Å². The van der Waals surface area contributed by atoms with Crippen molar-refractivity contribution in [3.63, 3.8) is 0 Å². The average Bonchev–Trinajstić information content (AvgIpc) is 2.46. The van der Waals surface area contributed by atoms with E-state index in [0.29, 0.717) is 12.8 Å². The zero-order valence-electron chi connectivity index (χ0n) is 10.6. The molecule has 0 heterocycles. The van der Waals surface area contributed by atoms with Crippen molar-refractivity contribution < 1.29 is 9.90 Å². The quantitative estimate of drug-likeness (QED) is 0.863. The van der Waals surface area contributed by atoms with E-state index in [1.165, 1.54) is 5.56 Å². The molecule has 3 nitrogen and oxygen atoms in total. The maximum Gasteiger partial charge on any atom is 0.320 e. The van der Waals surface area contributed by atoms with E-state index in [2.05, 4.69) is 24.3 Å². The van der Waals surface area contributed by atoms with Crippen molar-refractivity contribution in [2.75, 3.05) is 0 Å². The van der Waals surface area contributed by atoms with Crippen molar-refractivity contribution in [3.05, 3.63) is 60.2 Å². The smallest absolute Gasteiger partial charge is 0.320 e. The second-order valence-electron chi connectivity index (χ2n) is 4.55. The highest BCUT2D eigenvalue weighted by Crippen LogP contribution is 2.19. The van der Waals surface area contributed by atoms with Gasteiger partial charge in [-0.05, 0) is 29.5 Å². The Hall–Kier alpha value is -2.13. The molecule has 0 spiro atoms. The van der Waals surface area contributed by atoms with E-state index in [9.17, 15) is 4.79 Å². The normalized spacial score (nSPS) is 12.1. The van der Waals surface area contributed by atoms with Gasteiger partial charge in [-0.25, -0.2) is 0 Å². The monoisotopic (exact) mass is 255 g/mol. The van der Waals surface area contributed by atoms with Crippen LogP contribution in [0.15, 0.2) is 54.6 Å². The van der Waals surface area contributed by atoms with Crippen molar-refractivity contribution >= 4 is 5.97 Å². The van der Waals surface area contributed by atoms with Crippen LogP contribution in [-0.2, 0) is 11.2 Å². The maximum atomic E-state index is 10.6. The van der Waals surface area contributed by atoms with Crippen molar-refractivity contribution in [1.29, 1.82) is 0 Å². The molecule has 0 aromatic heterocycles. The number of carbonyl (C=O) groups is 1. The third-order valence-corrected chi connectivity index (χ3v) is 3.12. The average molecular weight is 255 g/mol. The highest BCUT2D eigenvalue weighted by atomic mass is 16.4. The molecule has 2 rings (SSSR count). The van der Waals surface area contributed by atoms with E-state index in [4.69, 9.17) is 10.8 Å². The van der Waals surface area contributed by atoms with Crippen molar-refractivity contribution in [1.82, 2.24) is 0 Å². The molecule has 1 atom stereocenters. The molecule has 3 N–H and O–H groups in total. The third kappa shape index (κ3) is 3.66. The Balaban J connectivity index is 2.01. The molecule has 2 aromatic rings. The molecule has 3 heteroatoms. The lowest BCUT2D eigenvalue weighted by Crippen LogP contribution is -2.30. The van der Waals surface area contributed by atoms with Crippen LogP contribution in [0.4, 0.5) is 0 Å². The van der Waals surface area contributed by atoms with Crippen LogP contribution in [0.3, 0.4) is 0 Å². The predicted molar refractivity (Wildman–Crippen MR) is 75.8 cm³/mol. The summed E-state index contributed by atoms with van der Waals surface area (Å²) in [7, 11) is 0. The van der Waals surface area contributed by atoms with Crippen molar-refractivity contribution in [3.8, 4) is 11.1 Å². The number of aliphatic carboxylic acids is 1. The lowest BCUT2D eigenvalue weighted by atomic mass is 10.0. The first-order chi connectivity index (χ1) is 9.16. The number of hydrogen-bond donors (Lipinski definition) is 2. The molecule has 0 fully saturated rings. The zero-order chi connectivity index (χ0) is 13.7. The fourth-order valence-electron chi connectivity index (χ4n) is 1.94. The largest absolute Gasteiger partial charge is 0.480 e. The topological polar surface area (TPSA) is 63.3 Å². The van der Waals surface area contributed by atoms with Gasteiger partial charge in [0.15, 0.2) is 0 Å². The third-order valence-electron chi connectivity index (χ3n) is 3.12. The number of rotatable bonds is 5. The number of carboxylic acid groups (broad SMARTS) is 1. The molecule has 0 saturated heterocycles. The van der Waals surface area contributed by atoms with Crippen LogP contribution in [0.25, 0.3) is 11.1 Å². The number of nitrogens with two attached hydrogens (primary N) is 1. The van der Waals surface area contributed by atoms with Gasteiger partial charge in [-0.3, -0.25) is 4.79 Å². The molecule has 0 saturated carbocycles. The molecular formula is C16H17NO2. The minimum absolute atomic E-state index is 0.458. The minimum atomic E-state index is -0.944. The van der Waals surface area contributed by atoms with Gasteiger partial charge in [0.1, 0.15) is 6.04 Å². The second-order valence-corrected chi connectivity index (χ2v) is 4.55. The summed E-state index contributed by atoms with van der Waals surface area (Å²) < 4.78 is 0. The Kier molecular flexibility index (Phi) is 4.31. The van der Waals surface area contributed by atoms with Gasteiger partial charge in [-0.15, -0.1) is 0 Å². The van der Waals surface area contributed by atoms with E-state index in [1.807, 2.05) is 30.3 Å². The molecular weight excluding hydrogens is 238 g/mol. The number of hydrogen-bond acceptors (Lipinski definition) is 2. The van der Waals surface area contributed by atoms with Crippen LogP contribution < -0.4 is 5.73 Å². The van der Waals surface area contributed by atoms with Crippen molar-refractivity contribution in [2.45, 2.75) is 18.9 Å². The van der Waals surface area contributed by atoms with Crippen LogP contribution in [0.5, 0.6) is 0 Å². The van der Waals surface area contributed by atoms with Crippen LogP contribution in [0, 0.1) is 0 Å². The molecule has 0 aliphatic carbocycles. The molecule has 2 aromatic carbocycles. The summed E-state index contributed by atoms with van der Waals surface area (Å²) in [5.74, 6) is -0.944. The fraction of sp³-hybridized carbons (Fsp3) is 0.188. The van der Waals surface area contributed by atoms with Gasteiger partial charge in [0.05, 0.1) is 0 Å². The first-order valence-electron chi connectivity index (χ1n) is 6.29. The Morgan fingerprint density at radius 1 is 1.00 bits per heavy atom. The van der Waals surface area contributed by atoms with Gasteiger partial charge in [-0.1, -0.05) is 54.6 Å². The van der Waals surface area contributed by atoms with E-state index >= 15 is 0 Å². The summed E-state index contributed by atoms with van der Waals surface area (Å²) in [4.78, 5) is 10.6. The van der Waals surface area contributed by atoms with Crippen LogP contribution >= 0.6 is 0 Å². The van der Waals surface area contributed by atoms with Crippen LogP contribution in [0.1, 0.15) is 12.0 Å². The Morgan fingerprint density at radius 3 is 2.16 bits per heavy atom. The molecule has 0 amide bonds. The first-order valence-corrected chi connectivity index (χ1v) is 6.29. The van der Waals surface area contributed by atoms with E-state index in [0.717, 1.165) is 11.1 Å². The molecule has 0 radical (unpaired) electrons. The highest BCUT2D eigenvalue weighted by Gasteiger charge is 2.10. The SMILES string of the molecule is N[C@H](CCc1ccc(-c2ccccc2)cc1)C(=O)O. The van der Waals surface area contributed by atoms with Crippen LogP contribution in [0.2, 0.25) is 0 Å². The Bertz CT molecular complexity index is 534. The Labute approximate surface area is 112 Å². The van der Waals surface area contributed by atoms with Gasteiger partial charge in [0.2, 0.25) is 0 Å². The molecule has 0 aliphatic heterocycles. The number of aryl methyl sites for hydroxylation is 1. The molecule has 0 unspecified atom stereocenters. The predicted octanol–water partition coefficient (Wildman–Crippen LogP) is 2.70. The first kappa shape index (κ1) is 13.3. The van der Waals surface area contributed by atoms with E-state index in [1.54, 1.807) is 0 Å². The molecule has 19 heavy (non-hydrogen) atoms. The molecule has 0 bridgehead atoms. The molecule has 0 aliphatic rings. The summed E-state index contributed by atoms with van der Waals surface area (Å²) in [6.45, 7) is 0. The fourth-order valence-corrected chi connectivity index (χ4v) is 1.94. The summed E-state index contributed by atoms with van der Waals surface area (Å²) in [6, 6.07) is 17.5. The van der Waals surface area contributed by atoms with Gasteiger partial charge in [0, 0.05) is 0 Å². The van der Waals surface area contributed by atoms with Gasteiger partial charge in [-0.2, -0.15) is 0 Å². The standard InChI is InChI=1S/C16H17NO2/c17-15(16(18)19)11-8-12-6-9-14(10-7-12)13-4-2-1-3-5-13/h1-7,9-10,15H,8,11,17H2,(H,18,19)/t15-/m1/s1. The lowest BCUT2D eigenvalue weighted by Gasteiger charge is -2.07. The second kappa shape index (κ2) is 6.16. The maximum absolute atomic E-state index is 10.6. The van der Waals surface area contributed by atoms with Gasteiger partial charge >= 0.3 is 5.97 Å². The highest BCUT2D eigenvalue weighted by molar-refractivity contribution is 5.73. The van der Waals surface area contributed by atoms with Crippen LogP contribution in [-0.4, -0.2) is 17.1 Å². The minimum Gasteiger partial charge on any atom is -0.480 e. The van der Waals surface area contributed by atoms with Gasteiger partial charge < -0.3 is 10.8 Å². The number of benzene rings is 2. The zero-order valence-corrected chi connectivity index (χ0v) is 10.6. The van der Waals surface area contributed by atoms with Crippen molar-refractivity contribution in [2.24, 2.45) is 5.73 Å². The summed E-state index contributed by atoms with van der Waals surface area (Å²) >= 11 is 0. The summed E-state index contributed by atoms with van der Waals surface area (Å²) in [5.41, 5.74) is 8.93. The van der Waals surface area contributed by atoms with E-state index in [-0.39, 0.29) is 0 Å². The summed E-state index contributed by atoms with van der Waals surface area (Å²) in [6.07, 6.45) is 1.14. The molecule has 98 valence electrons.